The van der Waals surface area contributed by atoms with Crippen molar-refractivity contribution in [2.24, 2.45) is 11.8 Å². The fraction of sp³-hybridized carbons (Fsp3) is 0.148. The summed E-state index contributed by atoms with van der Waals surface area (Å²) in [5.74, 6) is -4.06. The van der Waals surface area contributed by atoms with Crippen LogP contribution in [0.5, 0.6) is 0 Å². The Bertz CT molecular complexity index is 1500. The van der Waals surface area contributed by atoms with E-state index >= 15 is 0 Å². The molecule has 0 radical (unpaired) electrons. The second-order valence-electron chi connectivity index (χ2n) is 9.10. The Kier molecular flexibility index (Phi) is 5.11. The number of fused-ring (bicyclic) bond motifs is 5. The molecule has 3 amide bonds. The second-order valence-corrected chi connectivity index (χ2v) is 9.10. The molecule has 0 bridgehead atoms. The Morgan fingerprint density at radius 2 is 1.68 bits per heavy atom. The molecular weight excluding hydrogens is 479 g/mol. The topological polar surface area (TPSA) is 113 Å². The van der Waals surface area contributed by atoms with Gasteiger partial charge in [-0.05, 0) is 42.0 Å². The number of para-hydroxylation sites is 1. The van der Waals surface area contributed by atoms with Crippen molar-refractivity contribution in [2.75, 3.05) is 15.1 Å². The zero-order valence-electron chi connectivity index (χ0n) is 19.2. The van der Waals surface area contributed by atoms with Gasteiger partial charge in [-0.2, -0.15) is 0 Å². The molecule has 3 aromatic rings. The maximum Gasteiger partial charge on any atom is 0.269 e. The van der Waals surface area contributed by atoms with Gasteiger partial charge in [-0.25, -0.2) is 9.29 Å². The van der Waals surface area contributed by atoms with Gasteiger partial charge in [0.2, 0.25) is 17.7 Å². The maximum atomic E-state index is 13.9. The molecule has 37 heavy (non-hydrogen) atoms. The number of imide groups is 1. The molecule has 184 valence electrons. The first-order valence-electron chi connectivity index (χ1n) is 11.6. The number of nitro benzene ring substituents is 1. The summed E-state index contributed by atoms with van der Waals surface area (Å²) in [7, 11) is 0. The predicted octanol–water partition coefficient (Wildman–Crippen LogP) is 3.76. The van der Waals surface area contributed by atoms with Gasteiger partial charge in [-0.1, -0.05) is 36.4 Å². The van der Waals surface area contributed by atoms with Gasteiger partial charge in [0, 0.05) is 23.5 Å². The summed E-state index contributed by atoms with van der Waals surface area (Å²) in [6, 6.07) is 16.4. The van der Waals surface area contributed by atoms with E-state index < -0.39 is 52.4 Å². The molecule has 1 N–H and O–H groups in total. The van der Waals surface area contributed by atoms with Crippen molar-refractivity contribution in [1.82, 2.24) is 0 Å². The van der Waals surface area contributed by atoms with Gasteiger partial charge in [0.25, 0.3) is 5.69 Å². The minimum atomic E-state index is -1.05. The standard InChI is InChI=1S/C27H19FN4O5/c28-16-5-3-6-19(14-16)30-26(34)22-21-13-8-15-4-1-2-7-20(15)31(21)24(23(22)27(30)35)25(33)29-17-9-11-18(12-10-17)32(36)37/h1-14,21-24H,(H,29,33). The number of carbonyl (C=O) groups excluding carboxylic acids is 3. The number of nitrogens with zero attached hydrogens (tertiary/aromatic N) is 3. The van der Waals surface area contributed by atoms with Gasteiger partial charge in [0.1, 0.15) is 11.9 Å². The Morgan fingerprint density at radius 1 is 0.946 bits per heavy atom. The number of anilines is 3. The predicted molar refractivity (Wildman–Crippen MR) is 133 cm³/mol. The lowest BCUT2D eigenvalue weighted by atomic mass is 9.88. The van der Waals surface area contributed by atoms with Crippen LogP contribution < -0.4 is 15.1 Å². The van der Waals surface area contributed by atoms with Gasteiger partial charge >= 0.3 is 0 Å². The van der Waals surface area contributed by atoms with E-state index in [4.69, 9.17) is 0 Å². The second kappa shape index (κ2) is 8.37. The zero-order valence-corrected chi connectivity index (χ0v) is 19.2. The molecule has 0 saturated carbocycles. The number of carbonyl (C=O) groups is 3. The molecule has 10 heteroatoms. The van der Waals surface area contributed by atoms with Crippen LogP contribution in [0, 0.1) is 27.8 Å². The van der Waals surface area contributed by atoms with E-state index in [-0.39, 0.29) is 11.4 Å². The molecule has 0 aliphatic carbocycles. The highest BCUT2D eigenvalue weighted by Crippen LogP contribution is 2.49. The van der Waals surface area contributed by atoms with Gasteiger partial charge in [0.05, 0.1) is 28.5 Å². The molecule has 6 rings (SSSR count). The van der Waals surface area contributed by atoms with Crippen molar-refractivity contribution in [2.45, 2.75) is 12.1 Å². The lowest BCUT2D eigenvalue weighted by Crippen LogP contribution is -2.50. The van der Waals surface area contributed by atoms with E-state index in [0.717, 1.165) is 16.5 Å². The highest BCUT2D eigenvalue weighted by molar-refractivity contribution is 6.25. The third kappa shape index (κ3) is 3.48. The molecule has 3 heterocycles. The Balaban J connectivity index is 1.41. The molecule has 0 aromatic heterocycles. The number of hydrogen-bond donors (Lipinski definition) is 1. The largest absolute Gasteiger partial charge is 0.351 e. The van der Waals surface area contributed by atoms with Crippen LogP contribution in [0.3, 0.4) is 0 Å². The van der Waals surface area contributed by atoms with E-state index in [0.29, 0.717) is 11.4 Å². The molecule has 4 atom stereocenters. The average molecular weight is 498 g/mol. The van der Waals surface area contributed by atoms with E-state index in [2.05, 4.69) is 5.32 Å². The quantitative estimate of drug-likeness (QED) is 0.333. The van der Waals surface area contributed by atoms with E-state index in [1.54, 1.807) is 4.90 Å². The molecule has 3 aliphatic heterocycles. The molecule has 3 aliphatic rings. The monoisotopic (exact) mass is 498 g/mol. The van der Waals surface area contributed by atoms with Crippen molar-refractivity contribution in [3.63, 3.8) is 0 Å². The average Bonchev–Trinajstić information content (AvgIpc) is 3.37. The molecule has 2 saturated heterocycles. The fourth-order valence-electron chi connectivity index (χ4n) is 5.57. The third-order valence-electron chi connectivity index (χ3n) is 7.10. The van der Waals surface area contributed by atoms with Crippen LogP contribution in [-0.4, -0.2) is 34.7 Å². The first-order chi connectivity index (χ1) is 17.8. The summed E-state index contributed by atoms with van der Waals surface area (Å²) in [6.07, 6.45) is 3.69. The van der Waals surface area contributed by atoms with Crippen molar-refractivity contribution in [3.05, 3.63) is 100 Å². The number of non-ortho nitro benzene ring substituents is 1. The summed E-state index contributed by atoms with van der Waals surface area (Å²) in [4.78, 5) is 54.3. The zero-order chi connectivity index (χ0) is 25.8. The normalized spacial score (nSPS) is 23.5. The summed E-state index contributed by atoms with van der Waals surface area (Å²) in [5, 5.41) is 13.7. The van der Waals surface area contributed by atoms with Crippen LogP contribution in [0.2, 0.25) is 0 Å². The number of nitrogens with one attached hydrogen (secondary N) is 1. The Morgan fingerprint density at radius 3 is 2.41 bits per heavy atom. The SMILES string of the molecule is O=C(Nc1ccc([N+](=O)[O-])cc1)C1C2C(=O)N(c3cccc(F)c3)C(=O)C2C2C=Cc3ccccc3N21. The van der Waals surface area contributed by atoms with Crippen LogP contribution in [0.25, 0.3) is 6.08 Å². The highest BCUT2D eigenvalue weighted by atomic mass is 19.1. The molecule has 4 unspecified atom stereocenters. The minimum absolute atomic E-state index is 0.116. The van der Waals surface area contributed by atoms with E-state index in [1.165, 1.54) is 42.5 Å². The number of hydrogen-bond acceptors (Lipinski definition) is 6. The van der Waals surface area contributed by atoms with E-state index in [1.807, 2.05) is 36.4 Å². The molecular formula is C27H19FN4O5. The molecule has 9 nitrogen and oxygen atoms in total. The van der Waals surface area contributed by atoms with Crippen LogP contribution >= 0.6 is 0 Å². The maximum absolute atomic E-state index is 13.9. The Labute approximate surface area is 209 Å². The number of amides is 3. The Hall–Kier alpha value is -4.86. The number of nitro groups is 1. The third-order valence-corrected chi connectivity index (χ3v) is 7.10. The number of rotatable bonds is 4. The molecule has 2 fully saturated rings. The minimum Gasteiger partial charge on any atom is -0.351 e. The lowest BCUT2D eigenvalue weighted by Gasteiger charge is -2.36. The lowest BCUT2D eigenvalue weighted by molar-refractivity contribution is -0.384. The summed E-state index contributed by atoms with van der Waals surface area (Å²) < 4.78 is 13.9. The summed E-state index contributed by atoms with van der Waals surface area (Å²) in [5.41, 5.74) is 1.86. The number of benzene rings is 3. The van der Waals surface area contributed by atoms with Crippen LogP contribution in [0.1, 0.15) is 5.56 Å². The van der Waals surface area contributed by atoms with Gasteiger partial charge in [0.15, 0.2) is 0 Å². The van der Waals surface area contributed by atoms with E-state index in [9.17, 15) is 28.9 Å². The molecule has 0 spiro atoms. The van der Waals surface area contributed by atoms with Crippen LogP contribution in [0.4, 0.5) is 27.1 Å². The highest BCUT2D eigenvalue weighted by Gasteiger charge is 2.64. The summed E-state index contributed by atoms with van der Waals surface area (Å²) in [6.45, 7) is 0. The van der Waals surface area contributed by atoms with Gasteiger partial charge in [-0.15, -0.1) is 0 Å². The fourth-order valence-corrected chi connectivity index (χ4v) is 5.57. The van der Waals surface area contributed by atoms with Crippen molar-refractivity contribution >= 4 is 46.5 Å². The van der Waals surface area contributed by atoms with Crippen LogP contribution in [-0.2, 0) is 14.4 Å². The van der Waals surface area contributed by atoms with Crippen molar-refractivity contribution < 1.29 is 23.7 Å². The first-order valence-corrected chi connectivity index (χ1v) is 11.6. The smallest absolute Gasteiger partial charge is 0.269 e. The molecule has 3 aromatic carbocycles. The van der Waals surface area contributed by atoms with Crippen molar-refractivity contribution in [3.8, 4) is 0 Å². The van der Waals surface area contributed by atoms with Gasteiger partial charge < -0.3 is 10.2 Å². The first kappa shape index (κ1) is 22.6. The van der Waals surface area contributed by atoms with Crippen LogP contribution in [0.15, 0.2) is 78.9 Å². The van der Waals surface area contributed by atoms with Gasteiger partial charge in [-0.3, -0.25) is 24.5 Å². The number of halogens is 1. The van der Waals surface area contributed by atoms with Crippen molar-refractivity contribution in [1.29, 1.82) is 0 Å². The summed E-state index contributed by atoms with van der Waals surface area (Å²) >= 11 is 0.